The number of phenols is 1. The van der Waals surface area contributed by atoms with E-state index in [0.29, 0.717) is 16.5 Å². The monoisotopic (exact) mass is 278 g/mol. The average Bonchev–Trinajstić information content (AvgIpc) is 2.65. The highest BCUT2D eigenvalue weighted by Gasteiger charge is 2.20. The van der Waals surface area contributed by atoms with Crippen LogP contribution >= 0.6 is 0 Å². The second kappa shape index (κ2) is 5.22. The maximum Gasteiger partial charge on any atom is 0.330 e. The Morgan fingerprint density at radius 3 is 2.80 bits per heavy atom. The van der Waals surface area contributed by atoms with Crippen LogP contribution in [0.2, 0.25) is 0 Å². The summed E-state index contributed by atoms with van der Waals surface area (Å²) >= 11 is 0. The van der Waals surface area contributed by atoms with Crippen molar-refractivity contribution in [3.05, 3.63) is 30.0 Å². The fraction of sp³-hybridized carbons (Fsp3) is 0.231. The molecule has 1 aromatic heterocycles. The van der Waals surface area contributed by atoms with Crippen LogP contribution in [0.3, 0.4) is 0 Å². The van der Waals surface area contributed by atoms with Crippen molar-refractivity contribution in [2.75, 3.05) is 0 Å². The first-order valence-corrected chi connectivity index (χ1v) is 5.88. The molecule has 0 fully saturated rings. The summed E-state index contributed by atoms with van der Waals surface area (Å²) in [6.45, 7) is 1.11. The molecule has 1 atom stereocenters. The molecule has 0 amide bonds. The second-order valence-corrected chi connectivity index (χ2v) is 4.42. The zero-order valence-corrected chi connectivity index (χ0v) is 10.7. The van der Waals surface area contributed by atoms with E-state index in [4.69, 9.17) is 5.73 Å². The van der Waals surface area contributed by atoms with Crippen LogP contribution in [-0.4, -0.2) is 33.0 Å². The molecule has 0 saturated carbocycles. The van der Waals surface area contributed by atoms with Gasteiger partial charge < -0.3 is 20.8 Å². The number of esters is 2. The lowest BCUT2D eigenvalue weighted by atomic mass is 10.1. The van der Waals surface area contributed by atoms with Gasteiger partial charge in [-0.15, -0.1) is 0 Å². The third-order valence-corrected chi connectivity index (χ3v) is 2.84. The van der Waals surface area contributed by atoms with Gasteiger partial charge in [0.1, 0.15) is 11.8 Å². The highest BCUT2D eigenvalue weighted by atomic mass is 16.6. The lowest BCUT2D eigenvalue weighted by molar-refractivity contribution is -0.159. The Bertz CT molecular complexity index is 677. The number of aromatic hydroxyl groups is 1. The SMILES string of the molecule is CC(=O)OC(=O)C(N)Cc1cn(O)c2ccc(O)cc12. The van der Waals surface area contributed by atoms with Gasteiger partial charge in [0, 0.05) is 24.9 Å². The number of rotatable bonds is 3. The summed E-state index contributed by atoms with van der Waals surface area (Å²) in [5.74, 6) is -1.53. The van der Waals surface area contributed by atoms with Crippen LogP contribution < -0.4 is 5.73 Å². The van der Waals surface area contributed by atoms with Crippen molar-refractivity contribution in [2.24, 2.45) is 5.73 Å². The summed E-state index contributed by atoms with van der Waals surface area (Å²) in [6.07, 6.45) is 1.46. The molecule has 0 saturated heterocycles. The third-order valence-electron chi connectivity index (χ3n) is 2.84. The summed E-state index contributed by atoms with van der Waals surface area (Å²) in [7, 11) is 0. The van der Waals surface area contributed by atoms with Gasteiger partial charge in [0.15, 0.2) is 0 Å². The molecule has 0 bridgehead atoms. The molecule has 106 valence electrons. The van der Waals surface area contributed by atoms with Crippen LogP contribution in [-0.2, 0) is 20.7 Å². The molecular weight excluding hydrogens is 264 g/mol. The molecule has 0 aliphatic rings. The smallest absolute Gasteiger partial charge is 0.330 e. The topological polar surface area (TPSA) is 115 Å². The number of nitrogens with zero attached hydrogens (tertiary/aromatic N) is 1. The quantitative estimate of drug-likeness (QED) is 0.429. The van der Waals surface area contributed by atoms with Crippen molar-refractivity contribution in [3.63, 3.8) is 0 Å². The molecule has 1 aromatic carbocycles. The van der Waals surface area contributed by atoms with E-state index in [2.05, 4.69) is 4.74 Å². The molecule has 1 unspecified atom stereocenters. The van der Waals surface area contributed by atoms with Crippen molar-refractivity contribution >= 4 is 22.8 Å². The largest absolute Gasteiger partial charge is 0.508 e. The van der Waals surface area contributed by atoms with E-state index >= 15 is 0 Å². The second-order valence-electron chi connectivity index (χ2n) is 4.42. The Hall–Kier alpha value is -2.54. The molecule has 2 rings (SSSR count). The normalized spacial score (nSPS) is 12.3. The number of hydrogen-bond acceptors (Lipinski definition) is 6. The lowest BCUT2D eigenvalue weighted by Gasteiger charge is -2.08. The van der Waals surface area contributed by atoms with Crippen molar-refractivity contribution in [2.45, 2.75) is 19.4 Å². The molecule has 0 aliphatic heterocycles. The van der Waals surface area contributed by atoms with Gasteiger partial charge in [0.2, 0.25) is 0 Å². The van der Waals surface area contributed by atoms with E-state index in [1.807, 2.05) is 0 Å². The first-order valence-electron chi connectivity index (χ1n) is 5.88. The summed E-state index contributed by atoms with van der Waals surface area (Å²) < 4.78 is 5.29. The Morgan fingerprint density at radius 1 is 1.45 bits per heavy atom. The maximum atomic E-state index is 11.5. The molecule has 7 nitrogen and oxygen atoms in total. The molecule has 0 aliphatic carbocycles. The summed E-state index contributed by atoms with van der Waals surface area (Å²) in [6, 6.07) is 3.39. The highest BCUT2D eigenvalue weighted by molar-refractivity contribution is 5.89. The molecule has 1 heterocycles. The van der Waals surface area contributed by atoms with Gasteiger partial charge in [-0.3, -0.25) is 4.79 Å². The minimum absolute atomic E-state index is 0.0323. The van der Waals surface area contributed by atoms with E-state index in [0.717, 1.165) is 11.7 Å². The molecular formula is C13H14N2O5. The summed E-state index contributed by atoms with van der Waals surface area (Å²) in [4.78, 5) is 22.2. The Morgan fingerprint density at radius 2 is 2.15 bits per heavy atom. The Balaban J connectivity index is 2.27. The molecule has 7 heteroatoms. The van der Waals surface area contributed by atoms with Crippen LogP contribution in [0.5, 0.6) is 5.75 Å². The summed E-state index contributed by atoms with van der Waals surface area (Å²) in [5.41, 5.74) is 6.69. The van der Waals surface area contributed by atoms with Gasteiger partial charge >= 0.3 is 11.9 Å². The number of ether oxygens (including phenoxy) is 1. The lowest BCUT2D eigenvalue weighted by Crippen LogP contribution is -2.35. The van der Waals surface area contributed by atoms with Crippen LogP contribution in [0.25, 0.3) is 10.9 Å². The molecule has 20 heavy (non-hydrogen) atoms. The van der Waals surface area contributed by atoms with Gasteiger partial charge in [-0.05, 0) is 23.8 Å². The highest BCUT2D eigenvalue weighted by Crippen LogP contribution is 2.25. The first kappa shape index (κ1) is 13.9. The third kappa shape index (κ3) is 2.72. The van der Waals surface area contributed by atoms with Gasteiger partial charge in [-0.1, -0.05) is 0 Å². The first-order chi connectivity index (χ1) is 9.38. The van der Waals surface area contributed by atoms with E-state index in [-0.39, 0.29) is 12.2 Å². The van der Waals surface area contributed by atoms with Gasteiger partial charge in [0.25, 0.3) is 0 Å². The number of benzene rings is 1. The Labute approximate surface area is 114 Å². The van der Waals surface area contributed by atoms with Crippen molar-refractivity contribution in [1.82, 2.24) is 4.73 Å². The standard InChI is InChI=1S/C13H14N2O5/c1-7(16)20-13(18)11(14)4-8-6-15(19)12-3-2-9(17)5-10(8)12/h2-3,5-6,11,17,19H,4,14H2,1H3. The molecule has 4 N–H and O–H groups in total. The number of carbonyl (C=O) groups is 2. The number of fused-ring (bicyclic) bond motifs is 1. The van der Waals surface area contributed by atoms with E-state index in [1.54, 1.807) is 0 Å². The minimum atomic E-state index is -1.04. The van der Waals surface area contributed by atoms with Crippen LogP contribution in [0, 0.1) is 0 Å². The predicted octanol–water partition coefficient (Wildman–Crippen LogP) is 0.544. The fourth-order valence-electron chi connectivity index (χ4n) is 1.97. The Kier molecular flexibility index (Phi) is 3.62. The van der Waals surface area contributed by atoms with Crippen molar-refractivity contribution in [1.29, 1.82) is 0 Å². The summed E-state index contributed by atoms with van der Waals surface area (Å²) in [5, 5.41) is 19.7. The molecule has 2 aromatic rings. The van der Waals surface area contributed by atoms with Gasteiger partial charge in [0.05, 0.1) is 5.52 Å². The van der Waals surface area contributed by atoms with Gasteiger partial charge in [-0.2, -0.15) is 4.73 Å². The van der Waals surface area contributed by atoms with Crippen LogP contribution in [0.15, 0.2) is 24.4 Å². The van der Waals surface area contributed by atoms with Crippen molar-refractivity contribution in [3.8, 4) is 5.75 Å². The average molecular weight is 278 g/mol. The number of aromatic nitrogens is 1. The van der Waals surface area contributed by atoms with Crippen LogP contribution in [0.1, 0.15) is 12.5 Å². The van der Waals surface area contributed by atoms with Gasteiger partial charge in [-0.25, -0.2) is 4.79 Å². The van der Waals surface area contributed by atoms with Crippen molar-refractivity contribution < 1.29 is 24.6 Å². The minimum Gasteiger partial charge on any atom is -0.508 e. The number of phenolic OH excluding ortho intramolecular Hbond substituents is 1. The molecule has 0 spiro atoms. The molecule has 0 radical (unpaired) electrons. The zero-order valence-electron chi connectivity index (χ0n) is 10.7. The van der Waals surface area contributed by atoms with E-state index < -0.39 is 18.0 Å². The zero-order chi connectivity index (χ0) is 14.9. The van der Waals surface area contributed by atoms with Crippen LogP contribution in [0.4, 0.5) is 0 Å². The fourth-order valence-corrected chi connectivity index (χ4v) is 1.97. The maximum absolute atomic E-state index is 11.5. The number of nitrogens with two attached hydrogens (primary N) is 1. The van der Waals surface area contributed by atoms with E-state index in [1.165, 1.54) is 24.4 Å². The van der Waals surface area contributed by atoms with E-state index in [9.17, 15) is 19.9 Å². The predicted molar refractivity (Wildman–Crippen MR) is 69.2 cm³/mol. The number of carbonyl (C=O) groups excluding carboxylic acids is 2. The number of hydrogen-bond donors (Lipinski definition) is 3.